The smallest absolute Gasteiger partial charge is 0.173 e. The fraction of sp³-hybridized carbons (Fsp3) is 0.250. The number of hydrogen-bond donors (Lipinski definition) is 2. The van der Waals surface area contributed by atoms with Crippen LogP contribution in [-0.4, -0.2) is 25.6 Å². The topological polar surface area (TPSA) is 60.8 Å². The molecule has 0 heterocycles. The Balaban J connectivity index is 2.36. The monoisotopic (exact) mass is 417 g/mol. The summed E-state index contributed by atoms with van der Waals surface area (Å²) < 4.78 is 21.4. The SMILES string of the molecule is O=S(O)CN(Cc1ccccc1)c1cc(C(O)CCl)ccc1Br. The first-order valence-electron chi connectivity index (χ1n) is 6.91. The van der Waals surface area contributed by atoms with Crippen LogP contribution in [0.2, 0.25) is 0 Å². The highest BCUT2D eigenvalue weighted by Crippen LogP contribution is 2.31. The van der Waals surface area contributed by atoms with E-state index >= 15 is 0 Å². The Hall–Kier alpha value is -0.920. The van der Waals surface area contributed by atoms with Gasteiger partial charge in [-0.1, -0.05) is 36.4 Å². The normalized spacial score (nSPS) is 13.6. The molecule has 2 rings (SSSR count). The van der Waals surface area contributed by atoms with Crippen LogP contribution in [0.4, 0.5) is 5.69 Å². The summed E-state index contributed by atoms with van der Waals surface area (Å²) in [7, 11) is 0. The molecule has 0 amide bonds. The highest BCUT2D eigenvalue weighted by atomic mass is 79.9. The van der Waals surface area contributed by atoms with Gasteiger partial charge in [-0.3, -0.25) is 0 Å². The van der Waals surface area contributed by atoms with Crippen molar-refractivity contribution in [2.75, 3.05) is 16.7 Å². The van der Waals surface area contributed by atoms with Crippen LogP contribution in [0.15, 0.2) is 53.0 Å². The number of benzene rings is 2. The van der Waals surface area contributed by atoms with Crippen LogP contribution in [0.5, 0.6) is 0 Å². The van der Waals surface area contributed by atoms with Crippen LogP contribution in [0.1, 0.15) is 17.2 Å². The quantitative estimate of drug-likeness (QED) is 0.529. The van der Waals surface area contributed by atoms with Crippen molar-refractivity contribution in [1.29, 1.82) is 0 Å². The third-order valence-corrected chi connectivity index (χ3v) is 4.82. The van der Waals surface area contributed by atoms with Crippen molar-refractivity contribution in [2.45, 2.75) is 12.6 Å². The molecule has 7 heteroatoms. The molecule has 2 aromatic carbocycles. The number of nitrogens with zero attached hydrogens (tertiary/aromatic N) is 1. The van der Waals surface area contributed by atoms with Crippen molar-refractivity contribution in [3.05, 3.63) is 64.1 Å². The van der Waals surface area contributed by atoms with Gasteiger partial charge in [-0.25, -0.2) is 4.21 Å². The van der Waals surface area contributed by atoms with E-state index in [0.717, 1.165) is 15.7 Å². The minimum Gasteiger partial charge on any atom is -0.387 e. The van der Waals surface area contributed by atoms with E-state index in [0.29, 0.717) is 12.1 Å². The van der Waals surface area contributed by atoms with Gasteiger partial charge in [-0.05, 0) is 39.2 Å². The lowest BCUT2D eigenvalue weighted by Crippen LogP contribution is -2.27. The summed E-state index contributed by atoms with van der Waals surface area (Å²) in [6, 6.07) is 15.0. The zero-order valence-electron chi connectivity index (χ0n) is 12.2. The molecule has 0 bridgehead atoms. The van der Waals surface area contributed by atoms with Gasteiger partial charge in [0.2, 0.25) is 0 Å². The lowest BCUT2D eigenvalue weighted by atomic mass is 10.1. The molecule has 0 spiro atoms. The van der Waals surface area contributed by atoms with E-state index < -0.39 is 17.2 Å². The first kappa shape index (κ1) is 18.4. The number of halogens is 2. The standard InChI is InChI=1S/C16H17BrClNO3S/c17-14-7-6-13(16(20)9-18)8-15(14)19(11-23(21)22)10-12-4-2-1-3-5-12/h1-8,16,20H,9-11H2,(H,21,22). The van der Waals surface area contributed by atoms with Crippen LogP contribution in [0, 0.1) is 0 Å². The lowest BCUT2D eigenvalue weighted by Gasteiger charge is -2.25. The van der Waals surface area contributed by atoms with E-state index in [9.17, 15) is 13.9 Å². The molecule has 2 aromatic rings. The third kappa shape index (κ3) is 5.29. The summed E-state index contributed by atoms with van der Waals surface area (Å²) in [6.07, 6.45) is -0.776. The highest BCUT2D eigenvalue weighted by Gasteiger charge is 2.16. The van der Waals surface area contributed by atoms with Crippen LogP contribution in [0.3, 0.4) is 0 Å². The molecule has 0 saturated carbocycles. The zero-order chi connectivity index (χ0) is 16.8. The lowest BCUT2D eigenvalue weighted by molar-refractivity contribution is 0.202. The molecule has 0 aliphatic carbocycles. The zero-order valence-corrected chi connectivity index (χ0v) is 15.4. The van der Waals surface area contributed by atoms with Crippen molar-refractivity contribution in [2.24, 2.45) is 0 Å². The van der Waals surface area contributed by atoms with E-state index in [1.54, 1.807) is 23.1 Å². The number of aliphatic hydroxyl groups excluding tert-OH is 1. The van der Waals surface area contributed by atoms with Gasteiger partial charge in [0.25, 0.3) is 0 Å². The second-order valence-corrected chi connectivity index (χ2v) is 7.08. The van der Waals surface area contributed by atoms with Crippen molar-refractivity contribution < 1.29 is 13.9 Å². The first-order valence-corrected chi connectivity index (χ1v) is 9.51. The van der Waals surface area contributed by atoms with Crippen molar-refractivity contribution in [1.82, 2.24) is 0 Å². The van der Waals surface area contributed by atoms with Gasteiger partial charge in [0, 0.05) is 11.0 Å². The molecule has 0 aliphatic heterocycles. The summed E-state index contributed by atoms with van der Waals surface area (Å²) in [4.78, 5) is 1.79. The van der Waals surface area contributed by atoms with Crippen molar-refractivity contribution in [3.63, 3.8) is 0 Å². The minimum atomic E-state index is -1.98. The molecular weight excluding hydrogens is 402 g/mol. The highest BCUT2D eigenvalue weighted by molar-refractivity contribution is 9.10. The van der Waals surface area contributed by atoms with Crippen LogP contribution in [0.25, 0.3) is 0 Å². The molecular formula is C16H17BrClNO3S. The van der Waals surface area contributed by atoms with E-state index in [-0.39, 0.29) is 11.8 Å². The van der Waals surface area contributed by atoms with Crippen LogP contribution < -0.4 is 4.90 Å². The molecule has 0 saturated heterocycles. The van der Waals surface area contributed by atoms with Gasteiger partial charge in [-0.2, -0.15) is 0 Å². The van der Waals surface area contributed by atoms with Gasteiger partial charge in [0.1, 0.15) is 5.88 Å². The molecule has 2 N–H and O–H groups in total. The Kier molecular flexibility index (Phi) is 7.05. The van der Waals surface area contributed by atoms with Crippen LogP contribution in [-0.2, 0) is 17.6 Å². The molecule has 2 atom stereocenters. The molecule has 0 fully saturated rings. The number of anilines is 1. The number of aliphatic hydroxyl groups is 1. The summed E-state index contributed by atoms with van der Waals surface area (Å²) in [6.45, 7) is 0.478. The average molecular weight is 419 g/mol. The third-order valence-electron chi connectivity index (χ3n) is 3.32. The minimum absolute atomic E-state index is 0.0338. The van der Waals surface area contributed by atoms with E-state index in [1.165, 1.54) is 0 Å². The molecule has 124 valence electrons. The Morgan fingerprint density at radius 2 is 1.91 bits per heavy atom. The van der Waals surface area contributed by atoms with Gasteiger partial charge in [-0.15, -0.1) is 11.6 Å². The first-order chi connectivity index (χ1) is 11.0. The maximum absolute atomic E-state index is 11.3. The predicted octanol–water partition coefficient (Wildman–Crippen LogP) is 3.91. The maximum Gasteiger partial charge on any atom is 0.173 e. The Morgan fingerprint density at radius 1 is 1.22 bits per heavy atom. The Labute approximate surface area is 151 Å². The summed E-state index contributed by atoms with van der Waals surface area (Å²) in [5.41, 5.74) is 2.42. The van der Waals surface area contributed by atoms with E-state index in [2.05, 4.69) is 15.9 Å². The van der Waals surface area contributed by atoms with E-state index in [1.807, 2.05) is 30.3 Å². The molecule has 4 nitrogen and oxygen atoms in total. The number of rotatable bonds is 7. The summed E-state index contributed by atoms with van der Waals surface area (Å²) in [5, 5.41) is 9.92. The maximum atomic E-state index is 11.3. The fourth-order valence-corrected chi connectivity index (χ4v) is 3.38. The largest absolute Gasteiger partial charge is 0.387 e. The second kappa shape index (κ2) is 8.80. The van der Waals surface area contributed by atoms with Crippen molar-refractivity contribution in [3.8, 4) is 0 Å². The Morgan fingerprint density at radius 3 is 2.52 bits per heavy atom. The predicted molar refractivity (Wildman–Crippen MR) is 98.1 cm³/mol. The number of alkyl halides is 1. The molecule has 0 radical (unpaired) electrons. The molecule has 23 heavy (non-hydrogen) atoms. The van der Waals surface area contributed by atoms with Crippen LogP contribution >= 0.6 is 27.5 Å². The molecule has 2 unspecified atom stereocenters. The van der Waals surface area contributed by atoms with Gasteiger partial charge in [0.15, 0.2) is 11.1 Å². The summed E-state index contributed by atoms with van der Waals surface area (Å²) >= 11 is 7.20. The van der Waals surface area contributed by atoms with E-state index in [4.69, 9.17) is 11.6 Å². The molecule has 0 aliphatic rings. The van der Waals surface area contributed by atoms with Gasteiger partial charge < -0.3 is 14.6 Å². The van der Waals surface area contributed by atoms with Crippen molar-refractivity contribution >= 4 is 44.3 Å². The Bertz CT molecular complexity index is 672. The average Bonchev–Trinajstić information content (AvgIpc) is 2.54. The fourth-order valence-electron chi connectivity index (χ4n) is 2.21. The van der Waals surface area contributed by atoms with Gasteiger partial charge in [0.05, 0.1) is 17.7 Å². The van der Waals surface area contributed by atoms with Gasteiger partial charge >= 0.3 is 0 Å². The second-order valence-electron chi connectivity index (χ2n) is 5.02. The number of hydrogen-bond acceptors (Lipinski definition) is 3. The molecule has 0 aromatic heterocycles. The summed E-state index contributed by atoms with van der Waals surface area (Å²) in [5.74, 6) is 0.0552.